The molecule has 0 heterocycles. The zero-order valence-electron chi connectivity index (χ0n) is 9.10. The van der Waals surface area contributed by atoms with Crippen molar-refractivity contribution in [2.75, 3.05) is 5.73 Å². The number of rotatable bonds is 3. The molecule has 1 rings (SSSR count). The van der Waals surface area contributed by atoms with E-state index in [9.17, 15) is 4.79 Å². The van der Waals surface area contributed by atoms with Gasteiger partial charge in [0, 0.05) is 18.3 Å². The van der Waals surface area contributed by atoms with Crippen molar-refractivity contribution in [3.63, 3.8) is 0 Å². The largest absolute Gasteiger partial charge is 0.398 e. The van der Waals surface area contributed by atoms with Crippen molar-refractivity contribution in [2.24, 2.45) is 5.73 Å². The average molecular weight is 207 g/mol. The van der Waals surface area contributed by atoms with E-state index in [0.717, 1.165) is 5.56 Å². The van der Waals surface area contributed by atoms with Crippen LogP contribution >= 0.6 is 0 Å². The zero-order chi connectivity index (χ0) is 11.4. The summed E-state index contributed by atoms with van der Waals surface area (Å²) in [5, 5.41) is 0. The number of para-hydroxylation sites is 1. The Balaban J connectivity index is 2.84. The molecular weight excluding hydrogens is 190 g/mol. The Morgan fingerprint density at radius 2 is 2.00 bits per heavy atom. The summed E-state index contributed by atoms with van der Waals surface area (Å²) in [4.78, 5) is 12.7. The van der Waals surface area contributed by atoms with Crippen LogP contribution in [0.5, 0.6) is 0 Å². The summed E-state index contributed by atoms with van der Waals surface area (Å²) in [6, 6.07) is 7.12. The lowest BCUT2D eigenvalue weighted by atomic mass is 10.1. The molecule has 0 spiro atoms. The smallest absolute Gasteiger partial charge is 0.315 e. The second-order valence-corrected chi connectivity index (χ2v) is 3.76. The zero-order valence-corrected chi connectivity index (χ0v) is 9.10. The molecular formula is C11H17N3O. The first kappa shape index (κ1) is 11.4. The van der Waals surface area contributed by atoms with Gasteiger partial charge < -0.3 is 16.4 Å². The van der Waals surface area contributed by atoms with E-state index in [1.807, 2.05) is 38.1 Å². The molecule has 4 nitrogen and oxygen atoms in total. The quantitative estimate of drug-likeness (QED) is 0.738. The van der Waals surface area contributed by atoms with Gasteiger partial charge in [-0.05, 0) is 25.5 Å². The lowest BCUT2D eigenvalue weighted by Gasteiger charge is -2.25. The van der Waals surface area contributed by atoms with Crippen LogP contribution in [0.3, 0.4) is 0 Å². The topological polar surface area (TPSA) is 72.3 Å². The van der Waals surface area contributed by atoms with Crippen LogP contribution in [0, 0.1) is 0 Å². The Morgan fingerprint density at radius 3 is 2.47 bits per heavy atom. The number of amides is 2. The van der Waals surface area contributed by atoms with E-state index in [1.54, 1.807) is 4.90 Å². The molecule has 0 aliphatic rings. The predicted octanol–water partition coefficient (Wildman–Crippen LogP) is 1.56. The highest BCUT2D eigenvalue weighted by atomic mass is 16.2. The minimum Gasteiger partial charge on any atom is -0.398 e. The second kappa shape index (κ2) is 4.68. The van der Waals surface area contributed by atoms with Crippen molar-refractivity contribution in [1.29, 1.82) is 0 Å². The van der Waals surface area contributed by atoms with Crippen molar-refractivity contribution in [2.45, 2.75) is 26.4 Å². The Hall–Kier alpha value is -1.71. The summed E-state index contributed by atoms with van der Waals surface area (Å²) < 4.78 is 0. The fourth-order valence-corrected chi connectivity index (χ4v) is 1.38. The molecule has 15 heavy (non-hydrogen) atoms. The third-order valence-corrected chi connectivity index (χ3v) is 2.30. The number of nitrogen functional groups attached to an aromatic ring is 1. The van der Waals surface area contributed by atoms with Crippen LogP contribution in [0.25, 0.3) is 0 Å². The Labute approximate surface area is 89.9 Å². The summed E-state index contributed by atoms with van der Waals surface area (Å²) >= 11 is 0. The minimum absolute atomic E-state index is 0.0714. The minimum atomic E-state index is -0.423. The van der Waals surface area contributed by atoms with Crippen LogP contribution in [0.2, 0.25) is 0 Å². The molecule has 1 aromatic rings. The molecule has 0 saturated heterocycles. The number of carbonyl (C=O) groups is 1. The number of anilines is 1. The van der Waals surface area contributed by atoms with Crippen LogP contribution in [-0.4, -0.2) is 17.0 Å². The molecule has 0 radical (unpaired) electrons. The SMILES string of the molecule is CC(C)N(Cc1ccccc1N)C(N)=O. The van der Waals surface area contributed by atoms with E-state index in [1.165, 1.54) is 0 Å². The van der Waals surface area contributed by atoms with E-state index < -0.39 is 6.03 Å². The molecule has 0 aliphatic heterocycles. The summed E-state index contributed by atoms with van der Waals surface area (Å²) in [7, 11) is 0. The maximum Gasteiger partial charge on any atom is 0.315 e. The van der Waals surface area contributed by atoms with Crippen LogP contribution in [0.15, 0.2) is 24.3 Å². The van der Waals surface area contributed by atoms with Crippen LogP contribution in [0.4, 0.5) is 10.5 Å². The van der Waals surface area contributed by atoms with Gasteiger partial charge in [-0.15, -0.1) is 0 Å². The molecule has 0 fully saturated rings. The molecule has 1 aromatic carbocycles. The number of hydrogen-bond donors (Lipinski definition) is 2. The molecule has 0 saturated carbocycles. The fraction of sp³-hybridized carbons (Fsp3) is 0.364. The molecule has 82 valence electrons. The highest BCUT2D eigenvalue weighted by molar-refractivity contribution is 5.72. The summed E-state index contributed by atoms with van der Waals surface area (Å²) in [6.07, 6.45) is 0. The fourth-order valence-electron chi connectivity index (χ4n) is 1.38. The van der Waals surface area contributed by atoms with Gasteiger partial charge in [0.1, 0.15) is 0 Å². The van der Waals surface area contributed by atoms with Gasteiger partial charge in [0.2, 0.25) is 0 Å². The van der Waals surface area contributed by atoms with Gasteiger partial charge in [0.25, 0.3) is 0 Å². The third kappa shape index (κ3) is 2.87. The van der Waals surface area contributed by atoms with E-state index in [4.69, 9.17) is 11.5 Å². The summed E-state index contributed by atoms with van der Waals surface area (Å²) in [5.74, 6) is 0. The number of hydrogen-bond acceptors (Lipinski definition) is 2. The molecule has 0 unspecified atom stereocenters. The summed E-state index contributed by atoms with van der Waals surface area (Å²) in [5.41, 5.74) is 12.7. The second-order valence-electron chi connectivity index (χ2n) is 3.76. The molecule has 0 atom stereocenters. The third-order valence-electron chi connectivity index (χ3n) is 2.30. The van der Waals surface area contributed by atoms with Gasteiger partial charge in [0.05, 0.1) is 0 Å². The number of primary amides is 1. The first-order chi connectivity index (χ1) is 7.02. The van der Waals surface area contributed by atoms with Gasteiger partial charge in [0.15, 0.2) is 0 Å². The normalized spacial score (nSPS) is 10.3. The number of urea groups is 1. The van der Waals surface area contributed by atoms with Crippen molar-refractivity contribution in [3.05, 3.63) is 29.8 Å². The lowest BCUT2D eigenvalue weighted by molar-refractivity contribution is 0.189. The lowest BCUT2D eigenvalue weighted by Crippen LogP contribution is -2.40. The molecule has 0 aliphatic carbocycles. The molecule has 4 heteroatoms. The highest BCUT2D eigenvalue weighted by Gasteiger charge is 2.14. The number of benzene rings is 1. The van der Waals surface area contributed by atoms with Crippen LogP contribution < -0.4 is 11.5 Å². The average Bonchev–Trinajstić information content (AvgIpc) is 2.15. The van der Waals surface area contributed by atoms with E-state index >= 15 is 0 Å². The van der Waals surface area contributed by atoms with Crippen LogP contribution in [0.1, 0.15) is 19.4 Å². The summed E-state index contributed by atoms with van der Waals surface area (Å²) in [6.45, 7) is 4.30. The molecule has 0 bridgehead atoms. The van der Waals surface area contributed by atoms with Gasteiger partial charge in [-0.3, -0.25) is 0 Å². The van der Waals surface area contributed by atoms with Crippen LogP contribution in [-0.2, 0) is 6.54 Å². The predicted molar refractivity (Wildman–Crippen MR) is 61.1 cm³/mol. The standard InChI is InChI=1S/C11H17N3O/c1-8(2)14(11(13)15)7-9-5-3-4-6-10(9)12/h3-6,8H,7,12H2,1-2H3,(H2,13,15). The highest BCUT2D eigenvalue weighted by Crippen LogP contribution is 2.14. The maximum atomic E-state index is 11.2. The Morgan fingerprint density at radius 1 is 1.40 bits per heavy atom. The van der Waals surface area contributed by atoms with Crippen molar-refractivity contribution in [1.82, 2.24) is 4.90 Å². The Bertz CT molecular complexity index is 349. The Kier molecular flexibility index (Phi) is 3.55. The molecule has 4 N–H and O–H groups in total. The van der Waals surface area contributed by atoms with Gasteiger partial charge in [-0.25, -0.2) is 4.79 Å². The van der Waals surface area contributed by atoms with Crippen molar-refractivity contribution >= 4 is 11.7 Å². The van der Waals surface area contributed by atoms with Gasteiger partial charge in [-0.1, -0.05) is 18.2 Å². The number of carbonyl (C=O) groups excluding carboxylic acids is 1. The van der Waals surface area contributed by atoms with Crippen molar-refractivity contribution in [3.8, 4) is 0 Å². The van der Waals surface area contributed by atoms with Gasteiger partial charge in [-0.2, -0.15) is 0 Å². The monoisotopic (exact) mass is 207 g/mol. The molecule has 2 amide bonds. The number of nitrogens with two attached hydrogens (primary N) is 2. The van der Waals surface area contributed by atoms with Gasteiger partial charge >= 0.3 is 6.03 Å². The number of nitrogens with zero attached hydrogens (tertiary/aromatic N) is 1. The van der Waals surface area contributed by atoms with Crippen molar-refractivity contribution < 1.29 is 4.79 Å². The van der Waals surface area contributed by atoms with E-state index in [2.05, 4.69) is 0 Å². The first-order valence-corrected chi connectivity index (χ1v) is 4.92. The first-order valence-electron chi connectivity index (χ1n) is 4.92. The van der Waals surface area contributed by atoms with E-state index in [-0.39, 0.29) is 6.04 Å². The molecule has 0 aromatic heterocycles. The maximum absolute atomic E-state index is 11.2. The van der Waals surface area contributed by atoms with E-state index in [0.29, 0.717) is 12.2 Å².